The van der Waals surface area contributed by atoms with E-state index in [2.05, 4.69) is 5.32 Å². The van der Waals surface area contributed by atoms with Crippen LogP contribution in [-0.4, -0.2) is 31.9 Å². The van der Waals surface area contributed by atoms with Crippen LogP contribution in [0, 0.1) is 0 Å². The topological polar surface area (TPSA) is 38.3 Å². The zero-order valence-corrected chi connectivity index (χ0v) is 12.2. The number of benzene rings is 1. The third-order valence-corrected chi connectivity index (χ3v) is 3.88. The van der Waals surface area contributed by atoms with Gasteiger partial charge in [0.25, 0.3) is 0 Å². The van der Waals surface area contributed by atoms with Crippen LogP contribution in [0.25, 0.3) is 0 Å². The van der Waals surface area contributed by atoms with Gasteiger partial charge in [-0.1, -0.05) is 23.7 Å². The van der Waals surface area contributed by atoms with Crippen LogP contribution in [0.1, 0.15) is 12.0 Å². The Morgan fingerprint density at radius 3 is 2.67 bits per heavy atom. The first-order valence-electron chi connectivity index (χ1n) is 5.74. The molecule has 0 bridgehead atoms. The van der Waals surface area contributed by atoms with Crippen molar-refractivity contribution in [2.75, 3.05) is 19.9 Å². The number of rotatable bonds is 7. The van der Waals surface area contributed by atoms with E-state index in [9.17, 15) is 4.79 Å². The highest BCUT2D eigenvalue weighted by Crippen LogP contribution is 2.16. The summed E-state index contributed by atoms with van der Waals surface area (Å²) in [6.45, 7) is 0. The number of esters is 1. The number of ether oxygens (including phenoxy) is 1. The summed E-state index contributed by atoms with van der Waals surface area (Å²) in [4.78, 5) is 11.3. The summed E-state index contributed by atoms with van der Waals surface area (Å²) in [5.74, 6) is 1.63. The highest BCUT2D eigenvalue weighted by molar-refractivity contribution is 7.98. The molecule has 1 N–H and O–H groups in total. The molecule has 1 atom stereocenters. The highest BCUT2D eigenvalue weighted by Gasteiger charge is 2.15. The Balaban J connectivity index is 2.25. The molecule has 0 saturated heterocycles. The van der Waals surface area contributed by atoms with Crippen molar-refractivity contribution in [3.63, 3.8) is 0 Å². The van der Waals surface area contributed by atoms with Gasteiger partial charge in [-0.05, 0) is 36.9 Å². The van der Waals surface area contributed by atoms with Crippen LogP contribution in [0.15, 0.2) is 24.3 Å². The van der Waals surface area contributed by atoms with E-state index in [1.54, 1.807) is 18.8 Å². The summed E-state index contributed by atoms with van der Waals surface area (Å²) in [6, 6.07) is 7.61. The molecule has 0 saturated carbocycles. The smallest absolute Gasteiger partial charge is 0.322 e. The zero-order chi connectivity index (χ0) is 13.4. The number of carbonyl (C=O) groups excluding carboxylic acids is 1. The van der Waals surface area contributed by atoms with E-state index in [0.717, 1.165) is 22.9 Å². The second kappa shape index (κ2) is 8.40. The number of thioether (sulfide) groups is 1. The van der Waals surface area contributed by atoms with Gasteiger partial charge in [-0.25, -0.2) is 0 Å². The fourth-order valence-corrected chi connectivity index (χ4v) is 2.59. The molecule has 0 aromatic heterocycles. The van der Waals surface area contributed by atoms with Gasteiger partial charge in [-0.3, -0.25) is 4.79 Å². The summed E-state index contributed by atoms with van der Waals surface area (Å²) in [7, 11) is 3.18. The van der Waals surface area contributed by atoms with Crippen LogP contribution in [0.4, 0.5) is 0 Å². The summed E-state index contributed by atoms with van der Waals surface area (Å²) in [5, 5.41) is 3.71. The molecule has 0 fully saturated rings. The van der Waals surface area contributed by atoms with Crippen molar-refractivity contribution in [3.8, 4) is 0 Å². The van der Waals surface area contributed by atoms with Crippen molar-refractivity contribution in [1.29, 1.82) is 0 Å². The summed E-state index contributed by atoms with van der Waals surface area (Å²) >= 11 is 7.61. The maximum Gasteiger partial charge on any atom is 0.322 e. The Kier molecular flexibility index (Phi) is 7.16. The summed E-state index contributed by atoms with van der Waals surface area (Å²) in [5.41, 5.74) is 1.24. The van der Waals surface area contributed by atoms with Crippen molar-refractivity contribution in [3.05, 3.63) is 34.9 Å². The summed E-state index contributed by atoms with van der Waals surface area (Å²) in [6.07, 6.45) is 0.765. The molecule has 18 heavy (non-hydrogen) atoms. The van der Waals surface area contributed by atoms with Crippen LogP contribution in [-0.2, 0) is 15.3 Å². The standard InChI is InChI=1S/C13H18ClNO2S/c1-15-12(13(16)17-2)7-8-18-9-10-3-5-11(14)6-4-10/h3-6,12,15H,7-9H2,1-2H3. The minimum Gasteiger partial charge on any atom is -0.468 e. The monoisotopic (exact) mass is 287 g/mol. The van der Waals surface area contributed by atoms with E-state index < -0.39 is 0 Å². The minimum absolute atomic E-state index is 0.204. The van der Waals surface area contributed by atoms with Crippen LogP contribution >= 0.6 is 23.4 Å². The van der Waals surface area contributed by atoms with Crippen LogP contribution in [0.3, 0.4) is 0 Å². The van der Waals surface area contributed by atoms with E-state index in [1.165, 1.54) is 12.7 Å². The molecule has 0 aliphatic carbocycles. The van der Waals surface area contributed by atoms with Gasteiger partial charge in [0.15, 0.2) is 0 Å². The van der Waals surface area contributed by atoms with E-state index in [0.29, 0.717) is 0 Å². The molecule has 0 aliphatic rings. The van der Waals surface area contributed by atoms with Gasteiger partial charge in [0.05, 0.1) is 7.11 Å². The van der Waals surface area contributed by atoms with Gasteiger partial charge in [-0.15, -0.1) is 0 Å². The van der Waals surface area contributed by atoms with Gasteiger partial charge < -0.3 is 10.1 Å². The van der Waals surface area contributed by atoms with Crippen molar-refractivity contribution >= 4 is 29.3 Å². The van der Waals surface area contributed by atoms with E-state index in [-0.39, 0.29) is 12.0 Å². The molecule has 3 nitrogen and oxygen atoms in total. The highest BCUT2D eigenvalue weighted by atomic mass is 35.5. The maximum atomic E-state index is 11.3. The van der Waals surface area contributed by atoms with Crippen molar-refractivity contribution in [2.45, 2.75) is 18.2 Å². The van der Waals surface area contributed by atoms with Gasteiger partial charge >= 0.3 is 5.97 Å². The number of nitrogens with one attached hydrogen (secondary N) is 1. The lowest BCUT2D eigenvalue weighted by molar-refractivity contribution is -0.143. The first-order chi connectivity index (χ1) is 8.67. The molecule has 1 aromatic rings. The molecular formula is C13H18ClNO2S. The Hall–Kier alpha value is -0.710. The zero-order valence-electron chi connectivity index (χ0n) is 10.6. The molecule has 1 unspecified atom stereocenters. The fraction of sp³-hybridized carbons (Fsp3) is 0.462. The van der Waals surface area contributed by atoms with Crippen molar-refractivity contribution in [1.82, 2.24) is 5.32 Å². The largest absolute Gasteiger partial charge is 0.468 e. The van der Waals surface area contributed by atoms with Crippen LogP contribution in [0.2, 0.25) is 5.02 Å². The average molecular weight is 288 g/mol. The van der Waals surface area contributed by atoms with Gasteiger partial charge in [0.2, 0.25) is 0 Å². The second-order valence-electron chi connectivity index (χ2n) is 3.83. The summed E-state index contributed by atoms with van der Waals surface area (Å²) < 4.78 is 4.71. The van der Waals surface area contributed by atoms with Gasteiger partial charge in [0, 0.05) is 10.8 Å². The predicted molar refractivity (Wildman–Crippen MR) is 77.1 cm³/mol. The van der Waals surface area contributed by atoms with Crippen molar-refractivity contribution < 1.29 is 9.53 Å². The maximum absolute atomic E-state index is 11.3. The Labute approximate surface area is 117 Å². The van der Waals surface area contributed by atoms with E-state index in [4.69, 9.17) is 16.3 Å². The molecule has 0 spiro atoms. The SMILES string of the molecule is CNC(CCSCc1ccc(Cl)cc1)C(=O)OC. The number of methoxy groups -OCH3 is 1. The Bertz CT molecular complexity index is 370. The lowest BCUT2D eigenvalue weighted by atomic mass is 10.2. The molecular weight excluding hydrogens is 270 g/mol. The van der Waals surface area contributed by atoms with Crippen LogP contribution in [0.5, 0.6) is 0 Å². The van der Waals surface area contributed by atoms with Crippen molar-refractivity contribution in [2.24, 2.45) is 0 Å². The first-order valence-corrected chi connectivity index (χ1v) is 7.28. The Morgan fingerprint density at radius 1 is 1.44 bits per heavy atom. The molecule has 0 amide bonds. The fourth-order valence-electron chi connectivity index (χ4n) is 1.49. The number of hydrogen-bond acceptors (Lipinski definition) is 4. The predicted octanol–water partition coefficient (Wildman–Crippen LogP) is 2.72. The molecule has 5 heteroatoms. The van der Waals surface area contributed by atoms with E-state index >= 15 is 0 Å². The third-order valence-electron chi connectivity index (χ3n) is 2.57. The molecule has 0 radical (unpaired) electrons. The van der Waals surface area contributed by atoms with E-state index in [1.807, 2.05) is 24.3 Å². The molecule has 0 aliphatic heterocycles. The molecule has 100 valence electrons. The quantitative estimate of drug-likeness (QED) is 0.618. The number of likely N-dealkylation sites (N-methyl/N-ethyl adjacent to an activating group) is 1. The molecule has 0 heterocycles. The first kappa shape index (κ1) is 15.3. The number of halogens is 1. The van der Waals surface area contributed by atoms with Crippen LogP contribution < -0.4 is 5.32 Å². The average Bonchev–Trinajstić information content (AvgIpc) is 2.40. The van der Waals surface area contributed by atoms with Gasteiger partial charge in [0.1, 0.15) is 6.04 Å². The normalized spacial score (nSPS) is 12.2. The second-order valence-corrected chi connectivity index (χ2v) is 5.37. The molecule has 1 rings (SSSR count). The molecule has 1 aromatic carbocycles. The number of carbonyl (C=O) groups is 1. The minimum atomic E-state index is -0.215. The number of hydrogen-bond donors (Lipinski definition) is 1. The lowest BCUT2D eigenvalue weighted by Gasteiger charge is -2.12. The van der Waals surface area contributed by atoms with Gasteiger partial charge in [-0.2, -0.15) is 11.8 Å². The lowest BCUT2D eigenvalue weighted by Crippen LogP contribution is -2.35. The third kappa shape index (κ3) is 5.29. The Morgan fingerprint density at radius 2 is 2.11 bits per heavy atom.